The largest absolute Gasteiger partial charge is 0.262 e. The lowest BCUT2D eigenvalue weighted by atomic mass is 10.4. The molecule has 2 heterocycles. The fraction of sp³-hybridized carbons (Fsp3) is 0.250. The molecule has 0 N–H and O–H groups in total. The molecule has 0 aliphatic carbocycles. The maximum Gasteiger partial charge on any atom is 0.128 e. The second-order valence-electron chi connectivity index (χ2n) is 2.56. The van der Waals surface area contributed by atoms with Crippen molar-refractivity contribution < 1.29 is 0 Å². The molecule has 1 aromatic heterocycles. The van der Waals surface area contributed by atoms with E-state index >= 15 is 0 Å². The number of pyridine rings is 1. The standard InChI is InChI=1S/C8H8ClN3/c9-8-3-5-12(11-8)7-2-1-4-10-6-7/h1-2,4,6H,3,5H2. The van der Waals surface area contributed by atoms with Gasteiger partial charge in [0.25, 0.3) is 0 Å². The van der Waals surface area contributed by atoms with Gasteiger partial charge in [0.2, 0.25) is 0 Å². The summed E-state index contributed by atoms with van der Waals surface area (Å²) in [5.41, 5.74) is 0.994. The number of hydrogen-bond acceptors (Lipinski definition) is 3. The fourth-order valence-electron chi connectivity index (χ4n) is 1.12. The van der Waals surface area contributed by atoms with E-state index in [4.69, 9.17) is 11.6 Å². The van der Waals surface area contributed by atoms with Gasteiger partial charge in [-0.25, -0.2) is 0 Å². The van der Waals surface area contributed by atoms with Gasteiger partial charge in [0, 0.05) is 19.2 Å². The van der Waals surface area contributed by atoms with Gasteiger partial charge in [-0.15, -0.1) is 0 Å². The van der Waals surface area contributed by atoms with Gasteiger partial charge in [-0.3, -0.25) is 9.99 Å². The molecule has 0 bridgehead atoms. The first-order chi connectivity index (χ1) is 5.86. The third kappa shape index (κ3) is 1.41. The number of nitrogens with zero attached hydrogens (tertiary/aromatic N) is 3. The molecule has 0 unspecified atom stereocenters. The molecule has 0 amide bonds. The molecule has 0 radical (unpaired) electrons. The van der Waals surface area contributed by atoms with E-state index in [2.05, 4.69) is 10.1 Å². The smallest absolute Gasteiger partial charge is 0.128 e. The zero-order chi connectivity index (χ0) is 8.39. The highest BCUT2D eigenvalue weighted by molar-refractivity contribution is 6.65. The lowest BCUT2D eigenvalue weighted by molar-refractivity contribution is 0.917. The van der Waals surface area contributed by atoms with Gasteiger partial charge in [0.15, 0.2) is 0 Å². The van der Waals surface area contributed by atoms with Gasteiger partial charge in [0.1, 0.15) is 5.17 Å². The van der Waals surface area contributed by atoms with Crippen molar-refractivity contribution >= 4 is 22.5 Å². The molecule has 1 aromatic rings. The van der Waals surface area contributed by atoms with E-state index in [1.807, 2.05) is 17.1 Å². The minimum Gasteiger partial charge on any atom is -0.262 e. The highest BCUT2D eigenvalue weighted by Crippen LogP contribution is 2.18. The Kier molecular flexibility index (Phi) is 1.96. The van der Waals surface area contributed by atoms with E-state index in [1.54, 1.807) is 12.4 Å². The number of aromatic nitrogens is 1. The van der Waals surface area contributed by atoms with E-state index in [1.165, 1.54) is 0 Å². The van der Waals surface area contributed by atoms with Crippen LogP contribution in [0.3, 0.4) is 0 Å². The Morgan fingerprint density at radius 2 is 2.42 bits per heavy atom. The summed E-state index contributed by atoms with van der Waals surface area (Å²) >= 11 is 5.74. The summed E-state index contributed by atoms with van der Waals surface area (Å²) in [6, 6.07) is 3.85. The number of halogens is 1. The number of anilines is 1. The molecule has 2 rings (SSSR count). The quantitative estimate of drug-likeness (QED) is 0.662. The zero-order valence-electron chi connectivity index (χ0n) is 6.44. The molecule has 0 saturated heterocycles. The average Bonchev–Trinajstić information content (AvgIpc) is 2.54. The monoisotopic (exact) mass is 181 g/mol. The minimum atomic E-state index is 0.666. The van der Waals surface area contributed by atoms with Gasteiger partial charge in [-0.1, -0.05) is 11.6 Å². The SMILES string of the molecule is ClC1=NN(c2cccnc2)CC1. The van der Waals surface area contributed by atoms with Crippen molar-refractivity contribution in [2.75, 3.05) is 11.6 Å². The van der Waals surface area contributed by atoms with Crippen molar-refractivity contribution in [3.63, 3.8) is 0 Å². The number of rotatable bonds is 1. The molecule has 1 aliphatic heterocycles. The van der Waals surface area contributed by atoms with Gasteiger partial charge < -0.3 is 0 Å². The average molecular weight is 182 g/mol. The topological polar surface area (TPSA) is 28.5 Å². The normalized spacial score (nSPS) is 16.4. The summed E-state index contributed by atoms with van der Waals surface area (Å²) < 4.78 is 0. The Bertz CT molecular complexity index is 296. The summed E-state index contributed by atoms with van der Waals surface area (Å²) in [7, 11) is 0. The molecule has 4 heteroatoms. The van der Waals surface area contributed by atoms with Crippen LogP contribution in [0.5, 0.6) is 0 Å². The van der Waals surface area contributed by atoms with Crippen molar-refractivity contribution in [1.82, 2.24) is 4.98 Å². The summed E-state index contributed by atoms with van der Waals surface area (Å²) in [6.45, 7) is 0.852. The molecule has 12 heavy (non-hydrogen) atoms. The third-order valence-corrected chi connectivity index (χ3v) is 1.97. The minimum absolute atomic E-state index is 0.666. The van der Waals surface area contributed by atoms with Crippen LogP contribution in [0, 0.1) is 0 Å². The van der Waals surface area contributed by atoms with Crippen molar-refractivity contribution in [2.24, 2.45) is 5.10 Å². The van der Waals surface area contributed by atoms with Crippen molar-refractivity contribution in [3.05, 3.63) is 24.5 Å². The Labute approximate surface area is 75.7 Å². The lowest BCUT2D eigenvalue weighted by Gasteiger charge is -2.11. The van der Waals surface area contributed by atoms with E-state index < -0.39 is 0 Å². The molecular formula is C8H8ClN3. The van der Waals surface area contributed by atoms with Crippen LogP contribution in [0.2, 0.25) is 0 Å². The van der Waals surface area contributed by atoms with Crippen LogP contribution in [0.1, 0.15) is 6.42 Å². The second kappa shape index (κ2) is 3.11. The molecule has 1 aliphatic rings. The zero-order valence-corrected chi connectivity index (χ0v) is 7.20. The first-order valence-corrected chi connectivity index (χ1v) is 4.14. The van der Waals surface area contributed by atoms with E-state index in [-0.39, 0.29) is 0 Å². The summed E-state index contributed by atoms with van der Waals surface area (Å²) in [5.74, 6) is 0. The maximum absolute atomic E-state index is 5.74. The summed E-state index contributed by atoms with van der Waals surface area (Å²) in [6.07, 6.45) is 4.35. The van der Waals surface area contributed by atoms with Crippen LogP contribution in [0.4, 0.5) is 5.69 Å². The van der Waals surface area contributed by atoms with Crippen LogP contribution < -0.4 is 5.01 Å². The molecular weight excluding hydrogens is 174 g/mol. The molecule has 0 spiro atoms. The Morgan fingerprint density at radius 3 is 3.00 bits per heavy atom. The van der Waals surface area contributed by atoms with Crippen LogP contribution in [-0.4, -0.2) is 16.7 Å². The molecule has 0 aromatic carbocycles. The van der Waals surface area contributed by atoms with Crippen molar-refractivity contribution in [2.45, 2.75) is 6.42 Å². The summed E-state index contributed by atoms with van der Waals surface area (Å²) in [4.78, 5) is 4.00. The van der Waals surface area contributed by atoms with Crippen LogP contribution in [-0.2, 0) is 0 Å². The summed E-state index contributed by atoms with van der Waals surface area (Å²) in [5, 5.41) is 6.66. The molecule has 0 saturated carbocycles. The Morgan fingerprint density at radius 1 is 1.50 bits per heavy atom. The van der Waals surface area contributed by atoms with Gasteiger partial charge >= 0.3 is 0 Å². The molecule has 3 nitrogen and oxygen atoms in total. The van der Waals surface area contributed by atoms with Gasteiger partial charge in [-0.05, 0) is 12.1 Å². The van der Waals surface area contributed by atoms with Gasteiger partial charge in [0.05, 0.1) is 11.9 Å². The third-order valence-electron chi connectivity index (χ3n) is 1.70. The Hall–Kier alpha value is -1.09. The Balaban J connectivity index is 2.22. The van der Waals surface area contributed by atoms with Crippen molar-refractivity contribution in [1.29, 1.82) is 0 Å². The fourth-order valence-corrected chi connectivity index (χ4v) is 1.30. The van der Waals surface area contributed by atoms with Crippen LogP contribution >= 0.6 is 11.6 Å². The molecule has 62 valence electrons. The molecule has 0 fully saturated rings. The first kappa shape index (κ1) is 7.55. The van der Waals surface area contributed by atoms with Crippen molar-refractivity contribution in [3.8, 4) is 0 Å². The van der Waals surface area contributed by atoms with Crippen LogP contribution in [0.15, 0.2) is 29.6 Å². The lowest BCUT2D eigenvalue weighted by Crippen LogP contribution is -2.11. The highest BCUT2D eigenvalue weighted by atomic mass is 35.5. The van der Waals surface area contributed by atoms with E-state index in [0.717, 1.165) is 18.7 Å². The predicted molar refractivity (Wildman–Crippen MR) is 49.5 cm³/mol. The predicted octanol–water partition coefficient (Wildman–Crippen LogP) is 1.84. The first-order valence-electron chi connectivity index (χ1n) is 3.77. The molecule has 0 atom stereocenters. The highest BCUT2D eigenvalue weighted by Gasteiger charge is 2.13. The van der Waals surface area contributed by atoms with Gasteiger partial charge in [-0.2, -0.15) is 5.10 Å². The van der Waals surface area contributed by atoms with E-state index in [9.17, 15) is 0 Å². The second-order valence-corrected chi connectivity index (χ2v) is 3.00. The van der Waals surface area contributed by atoms with E-state index in [0.29, 0.717) is 5.17 Å². The number of hydrazone groups is 1. The maximum atomic E-state index is 5.74. The number of hydrogen-bond donors (Lipinski definition) is 0. The van der Waals surface area contributed by atoms with Crippen LogP contribution in [0.25, 0.3) is 0 Å².